The molecule has 0 fully saturated rings. The van der Waals surface area contributed by atoms with Gasteiger partial charge in [0.1, 0.15) is 0 Å². The zero-order chi connectivity index (χ0) is 15.5. The quantitative estimate of drug-likeness (QED) is 0.867. The van der Waals surface area contributed by atoms with Crippen molar-refractivity contribution in [2.45, 2.75) is 46.2 Å². The number of aryl methyl sites for hydroxylation is 1. The van der Waals surface area contributed by atoms with Crippen LogP contribution in [0.3, 0.4) is 0 Å². The maximum absolute atomic E-state index is 12.8. The van der Waals surface area contributed by atoms with Gasteiger partial charge in [0, 0.05) is 11.7 Å². The first-order chi connectivity index (χ1) is 9.93. The van der Waals surface area contributed by atoms with E-state index in [4.69, 9.17) is 4.42 Å². The number of hydrogen-bond acceptors (Lipinski definition) is 4. The number of nitrogens with zero attached hydrogens (tertiary/aromatic N) is 3. The van der Waals surface area contributed by atoms with E-state index in [0.717, 1.165) is 5.69 Å². The first-order valence-electron chi connectivity index (χ1n) is 7.07. The molecule has 112 valence electrons. The molecule has 2 rings (SSSR count). The van der Waals surface area contributed by atoms with Crippen molar-refractivity contribution in [3.63, 3.8) is 0 Å². The zero-order valence-electron chi connectivity index (χ0n) is 13.0. The molecule has 0 aliphatic heterocycles. The van der Waals surface area contributed by atoms with Crippen LogP contribution in [-0.2, 0) is 13.0 Å². The van der Waals surface area contributed by atoms with Crippen LogP contribution in [0.1, 0.15) is 49.6 Å². The molecule has 5 nitrogen and oxygen atoms in total. The normalized spacial score (nSPS) is 11.4. The fourth-order valence-corrected chi connectivity index (χ4v) is 2.08. The molecule has 5 heteroatoms. The summed E-state index contributed by atoms with van der Waals surface area (Å²) in [6, 6.07) is 5.69. The van der Waals surface area contributed by atoms with E-state index in [1.807, 2.05) is 45.9 Å². The zero-order valence-corrected chi connectivity index (χ0v) is 13.0. The predicted molar refractivity (Wildman–Crippen MR) is 79.7 cm³/mol. The van der Waals surface area contributed by atoms with Crippen molar-refractivity contribution in [2.75, 3.05) is 0 Å². The van der Waals surface area contributed by atoms with Gasteiger partial charge in [-0.3, -0.25) is 9.78 Å². The van der Waals surface area contributed by atoms with Gasteiger partial charge >= 0.3 is 0 Å². The highest BCUT2D eigenvalue weighted by Crippen LogP contribution is 2.21. The minimum atomic E-state index is -0.341. The first-order valence-corrected chi connectivity index (χ1v) is 7.07. The monoisotopic (exact) mass is 287 g/mol. The summed E-state index contributed by atoms with van der Waals surface area (Å²) in [5.74, 6) is 0.172. The Morgan fingerprint density at radius 2 is 2.05 bits per heavy atom. The number of hydrogen-bond donors (Lipinski definition) is 0. The van der Waals surface area contributed by atoms with Crippen LogP contribution in [0, 0.1) is 0 Å². The van der Waals surface area contributed by atoms with E-state index < -0.39 is 0 Å². The summed E-state index contributed by atoms with van der Waals surface area (Å²) in [7, 11) is 0. The lowest BCUT2D eigenvalue weighted by molar-refractivity contribution is 0.0520. The number of pyridine rings is 1. The van der Waals surface area contributed by atoms with Crippen LogP contribution in [0.5, 0.6) is 0 Å². The van der Waals surface area contributed by atoms with Crippen LogP contribution in [0.4, 0.5) is 0 Å². The maximum Gasteiger partial charge on any atom is 0.292 e. The van der Waals surface area contributed by atoms with Crippen LogP contribution in [0.2, 0.25) is 0 Å². The van der Waals surface area contributed by atoms with Crippen molar-refractivity contribution in [2.24, 2.45) is 0 Å². The highest BCUT2D eigenvalue weighted by atomic mass is 16.3. The smallest absolute Gasteiger partial charge is 0.292 e. The Morgan fingerprint density at radius 3 is 2.62 bits per heavy atom. The summed E-state index contributed by atoms with van der Waals surface area (Å²) in [5.41, 5.74) is 1.19. The lowest BCUT2D eigenvalue weighted by Gasteiger charge is -2.35. The summed E-state index contributed by atoms with van der Waals surface area (Å²) < 4.78 is 5.31. The van der Waals surface area contributed by atoms with Crippen molar-refractivity contribution < 1.29 is 9.21 Å². The summed E-state index contributed by atoms with van der Waals surface area (Å²) >= 11 is 0. The van der Waals surface area contributed by atoms with Crippen LogP contribution < -0.4 is 0 Å². The predicted octanol–water partition coefficient (Wildman–Crippen LogP) is 3.07. The molecule has 0 aliphatic rings. The van der Waals surface area contributed by atoms with E-state index in [-0.39, 0.29) is 11.4 Å². The standard InChI is InChI=1S/C16H21N3O2/c1-5-13-14(21-11-18-13)15(20)19(16(2,3)4)10-12-8-6-7-9-17-12/h6-9,11H,5,10H2,1-4H3. The summed E-state index contributed by atoms with van der Waals surface area (Å²) in [4.78, 5) is 23.0. The average Bonchev–Trinajstić information content (AvgIpc) is 2.92. The Kier molecular flexibility index (Phi) is 4.40. The second-order valence-electron chi connectivity index (χ2n) is 5.86. The average molecular weight is 287 g/mol. The Hall–Kier alpha value is -2.17. The Bertz CT molecular complexity index is 599. The minimum absolute atomic E-state index is 0.150. The molecule has 0 spiro atoms. The number of carbonyl (C=O) groups excluding carboxylic acids is 1. The van der Waals surface area contributed by atoms with Gasteiger partial charge in [-0.05, 0) is 39.3 Å². The molecule has 0 unspecified atom stereocenters. The maximum atomic E-state index is 12.8. The second kappa shape index (κ2) is 6.08. The number of aromatic nitrogens is 2. The molecule has 0 atom stereocenters. The second-order valence-corrected chi connectivity index (χ2v) is 5.86. The van der Waals surface area contributed by atoms with Gasteiger partial charge in [0.15, 0.2) is 6.39 Å². The molecule has 2 heterocycles. The van der Waals surface area contributed by atoms with Gasteiger partial charge in [-0.2, -0.15) is 0 Å². The van der Waals surface area contributed by atoms with E-state index in [9.17, 15) is 4.79 Å². The molecule has 0 aliphatic carbocycles. The molecule has 0 bridgehead atoms. The minimum Gasteiger partial charge on any atom is -0.438 e. The number of rotatable bonds is 4. The van der Waals surface area contributed by atoms with Crippen LogP contribution in [-0.4, -0.2) is 26.3 Å². The molecule has 21 heavy (non-hydrogen) atoms. The molecule has 2 aromatic rings. The van der Waals surface area contributed by atoms with Crippen LogP contribution >= 0.6 is 0 Å². The number of amides is 1. The fraction of sp³-hybridized carbons (Fsp3) is 0.438. The van der Waals surface area contributed by atoms with Gasteiger partial charge in [0.25, 0.3) is 5.91 Å². The largest absolute Gasteiger partial charge is 0.438 e. The molecule has 2 aromatic heterocycles. The molecular weight excluding hydrogens is 266 g/mol. The Morgan fingerprint density at radius 1 is 1.29 bits per heavy atom. The molecule has 0 radical (unpaired) electrons. The van der Waals surface area contributed by atoms with Crippen molar-refractivity contribution in [3.8, 4) is 0 Å². The summed E-state index contributed by atoms with van der Waals surface area (Å²) in [6.07, 6.45) is 3.72. The Labute approximate surface area is 125 Å². The van der Waals surface area contributed by atoms with Gasteiger partial charge in [0.05, 0.1) is 17.9 Å². The lowest BCUT2D eigenvalue weighted by atomic mass is 10.0. The van der Waals surface area contributed by atoms with Crippen molar-refractivity contribution in [3.05, 3.63) is 47.9 Å². The van der Waals surface area contributed by atoms with Gasteiger partial charge in [0.2, 0.25) is 5.76 Å². The lowest BCUT2D eigenvalue weighted by Crippen LogP contribution is -2.45. The van der Waals surface area contributed by atoms with Gasteiger partial charge < -0.3 is 9.32 Å². The van der Waals surface area contributed by atoms with E-state index >= 15 is 0 Å². The van der Waals surface area contributed by atoms with Crippen molar-refractivity contribution >= 4 is 5.91 Å². The molecular formula is C16H21N3O2. The van der Waals surface area contributed by atoms with Crippen molar-refractivity contribution in [1.29, 1.82) is 0 Å². The third-order valence-corrected chi connectivity index (χ3v) is 3.27. The molecule has 0 aromatic carbocycles. The summed E-state index contributed by atoms with van der Waals surface area (Å²) in [6.45, 7) is 8.38. The molecule has 0 N–H and O–H groups in total. The van der Waals surface area contributed by atoms with Crippen LogP contribution in [0.15, 0.2) is 35.2 Å². The van der Waals surface area contributed by atoms with Crippen LogP contribution in [0.25, 0.3) is 0 Å². The summed E-state index contributed by atoms with van der Waals surface area (Å²) in [5, 5.41) is 0. The topological polar surface area (TPSA) is 59.2 Å². The van der Waals surface area contributed by atoms with E-state index in [1.54, 1.807) is 11.1 Å². The molecule has 0 saturated carbocycles. The third-order valence-electron chi connectivity index (χ3n) is 3.27. The first kappa shape index (κ1) is 15.2. The van der Waals surface area contributed by atoms with Gasteiger partial charge in [-0.1, -0.05) is 13.0 Å². The van der Waals surface area contributed by atoms with E-state index in [2.05, 4.69) is 9.97 Å². The fourth-order valence-electron chi connectivity index (χ4n) is 2.08. The molecule has 1 amide bonds. The highest BCUT2D eigenvalue weighted by Gasteiger charge is 2.31. The molecule has 0 saturated heterocycles. The highest BCUT2D eigenvalue weighted by molar-refractivity contribution is 5.92. The number of carbonyl (C=O) groups is 1. The van der Waals surface area contributed by atoms with Crippen molar-refractivity contribution in [1.82, 2.24) is 14.9 Å². The van der Waals surface area contributed by atoms with Gasteiger partial charge in [-0.15, -0.1) is 0 Å². The Balaban J connectivity index is 2.31. The van der Waals surface area contributed by atoms with E-state index in [1.165, 1.54) is 6.39 Å². The third kappa shape index (κ3) is 3.48. The SMILES string of the molecule is CCc1ncoc1C(=O)N(Cc1ccccn1)C(C)(C)C. The number of oxazole rings is 1. The van der Waals surface area contributed by atoms with Gasteiger partial charge in [-0.25, -0.2) is 4.98 Å². The van der Waals surface area contributed by atoms with E-state index in [0.29, 0.717) is 24.4 Å².